The van der Waals surface area contributed by atoms with Crippen molar-refractivity contribution in [1.82, 2.24) is 14.5 Å². The highest BCUT2D eigenvalue weighted by Gasteiger charge is 2.31. The average molecular weight is 478 g/mol. The van der Waals surface area contributed by atoms with E-state index in [0.29, 0.717) is 19.6 Å². The van der Waals surface area contributed by atoms with Crippen LogP contribution in [0.15, 0.2) is 47.4 Å². The zero-order valence-electron chi connectivity index (χ0n) is 19.2. The molecule has 0 spiro atoms. The van der Waals surface area contributed by atoms with Gasteiger partial charge in [0, 0.05) is 43.8 Å². The summed E-state index contributed by atoms with van der Waals surface area (Å²) in [4.78, 5) is 15.2. The van der Waals surface area contributed by atoms with E-state index in [1.165, 1.54) is 27.6 Å². The number of rotatable bonds is 8. The van der Waals surface area contributed by atoms with E-state index in [9.17, 15) is 13.2 Å². The van der Waals surface area contributed by atoms with Gasteiger partial charge in [-0.3, -0.25) is 9.69 Å². The lowest BCUT2D eigenvalue weighted by atomic mass is 9.94. The Kier molecular flexibility index (Phi) is 7.65. The number of sulfonamides is 1. The maximum absolute atomic E-state index is 12.9. The molecule has 2 aromatic carbocycles. The molecule has 0 atom stereocenters. The number of nitrogens with one attached hydrogen (secondary N) is 1. The molecule has 1 aliphatic heterocycles. The molecule has 0 aromatic heterocycles. The maximum Gasteiger partial charge on any atom is 0.251 e. The first-order valence-electron chi connectivity index (χ1n) is 11.0. The Morgan fingerprint density at radius 2 is 1.78 bits per heavy atom. The van der Waals surface area contributed by atoms with Crippen LogP contribution in [-0.4, -0.2) is 55.2 Å². The number of fused-ring (bicyclic) bond motifs is 1. The largest absolute Gasteiger partial charge is 0.350 e. The summed E-state index contributed by atoms with van der Waals surface area (Å²) in [5.74, 6) is -0.317. The van der Waals surface area contributed by atoms with Gasteiger partial charge in [-0.05, 0) is 49.6 Å². The van der Waals surface area contributed by atoms with Crippen molar-refractivity contribution in [2.24, 2.45) is 0 Å². The summed E-state index contributed by atoms with van der Waals surface area (Å²) in [5, 5.41) is 3.10. The second kappa shape index (κ2) is 9.91. The first-order chi connectivity index (χ1) is 15.1. The molecule has 0 saturated carbocycles. The molecule has 0 saturated heterocycles. The molecule has 0 bridgehead atoms. The minimum atomic E-state index is -3.76. The number of hydrogen-bond donors (Lipinski definition) is 1. The molecule has 174 valence electrons. The number of hydrogen-bond acceptors (Lipinski definition) is 4. The number of carbonyl (C=O) groups excluding carboxylic acids is 1. The lowest BCUT2D eigenvalue weighted by Crippen LogP contribution is -2.53. The van der Waals surface area contributed by atoms with Crippen molar-refractivity contribution < 1.29 is 13.2 Å². The Bertz CT molecular complexity index is 1080. The van der Waals surface area contributed by atoms with E-state index in [1.54, 1.807) is 19.9 Å². The molecule has 32 heavy (non-hydrogen) atoms. The van der Waals surface area contributed by atoms with Crippen LogP contribution < -0.4 is 5.32 Å². The molecule has 8 heteroatoms. The third kappa shape index (κ3) is 5.17. The zero-order valence-corrected chi connectivity index (χ0v) is 20.8. The summed E-state index contributed by atoms with van der Waals surface area (Å²) >= 11 is 6.19. The zero-order chi connectivity index (χ0) is 23.5. The van der Waals surface area contributed by atoms with Crippen LogP contribution in [0.4, 0.5) is 0 Å². The maximum atomic E-state index is 12.9. The molecular formula is C24H32ClN3O3S. The highest BCUT2D eigenvalue weighted by Crippen LogP contribution is 2.27. The number of carbonyl (C=O) groups is 1. The van der Waals surface area contributed by atoms with Crippen molar-refractivity contribution >= 4 is 27.5 Å². The predicted molar refractivity (Wildman–Crippen MR) is 129 cm³/mol. The topological polar surface area (TPSA) is 69.7 Å². The van der Waals surface area contributed by atoms with Crippen molar-refractivity contribution in [3.05, 3.63) is 64.2 Å². The van der Waals surface area contributed by atoms with E-state index in [0.717, 1.165) is 19.5 Å². The first kappa shape index (κ1) is 24.7. The first-order valence-corrected chi connectivity index (χ1v) is 12.8. The van der Waals surface area contributed by atoms with Gasteiger partial charge >= 0.3 is 0 Å². The van der Waals surface area contributed by atoms with Crippen LogP contribution in [0.2, 0.25) is 5.02 Å². The number of halogens is 1. The Morgan fingerprint density at radius 3 is 2.44 bits per heavy atom. The van der Waals surface area contributed by atoms with Crippen molar-refractivity contribution in [1.29, 1.82) is 0 Å². The van der Waals surface area contributed by atoms with Crippen molar-refractivity contribution in [3.8, 4) is 0 Å². The molecule has 6 nitrogen and oxygen atoms in total. The standard InChI is InChI=1S/C24H32ClN3O3S/c1-5-28(6-2)32(30,31)22-15-19(11-12-21(22)25)23(29)26-17-24(3,4)27-14-13-18-9-7-8-10-20(18)16-27/h7-12,15H,5-6,13-14,16-17H2,1-4H3,(H,26,29). The normalized spacial score (nSPS) is 14.9. The number of amides is 1. The molecule has 2 aromatic rings. The van der Waals surface area contributed by atoms with E-state index in [1.807, 2.05) is 0 Å². The number of benzene rings is 2. The SMILES string of the molecule is CCN(CC)S(=O)(=O)c1cc(C(=O)NCC(C)(C)N2CCc3ccccc3C2)ccc1Cl. The summed E-state index contributed by atoms with van der Waals surface area (Å²) in [6, 6.07) is 12.9. The summed E-state index contributed by atoms with van der Waals surface area (Å²) in [6.45, 7) is 10.6. The second-order valence-electron chi connectivity index (χ2n) is 8.67. The van der Waals surface area contributed by atoms with Gasteiger partial charge in [0.25, 0.3) is 5.91 Å². The summed E-state index contributed by atoms with van der Waals surface area (Å²) in [5.41, 5.74) is 2.72. The van der Waals surface area contributed by atoms with Gasteiger partial charge in [0.1, 0.15) is 4.90 Å². The van der Waals surface area contributed by atoms with Gasteiger partial charge in [0.05, 0.1) is 5.02 Å². The fourth-order valence-corrected chi connectivity index (χ4v) is 6.03. The van der Waals surface area contributed by atoms with Crippen LogP contribution in [0.3, 0.4) is 0 Å². The van der Waals surface area contributed by atoms with Crippen molar-refractivity contribution in [3.63, 3.8) is 0 Å². The fourth-order valence-electron chi connectivity index (χ4n) is 4.07. The van der Waals surface area contributed by atoms with Crippen LogP contribution >= 0.6 is 11.6 Å². The summed E-state index contributed by atoms with van der Waals surface area (Å²) in [6.07, 6.45) is 0.983. The molecule has 1 heterocycles. The summed E-state index contributed by atoms with van der Waals surface area (Å²) < 4.78 is 27.2. The Hall–Kier alpha value is -1.93. The minimum absolute atomic E-state index is 0.0394. The molecule has 1 amide bonds. The molecule has 1 aliphatic rings. The van der Waals surface area contributed by atoms with Crippen LogP contribution in [-0.2, 0) is 23.0 Å². The van der Waals surface area contributed by atoms with E-state index >= 15 is 0 Å². The third-order valence-corrected chi connectivity index (χ3v) is 8.72. The molecule has 1 N–H and O–H groups in total. The van der Waals surface area contributed by atoms with Crippen LogP contribution in [0, 0.1) is 0 Å². The van der Waals surface area contributed by atoms with Crippen LogP contribution in [0.25, 0.3) is 0 Å². The van der Waals surface area contributed by atoms with Gasteiger partial charge in [-0.25, -0.2) is 8.42 Å². The molecule has 0 radical (unpaired) electrons. The molecule has 0 unspecified atom stereocenters. The van der Waals surface area contributed by atoms with Gasteiger partial charge < -0.3 is 5.32 Å². The summed E-state index contributed by atoms with van der Waals surface area (Å²) in [7, 11) is -3.76. The van der Waals surface area contributed by atoms with Crippen LogP contribution in [0.1, 0.15) is 49.2 Å². The molecule has 0 fully saturated rings. The van der Waals surface area contributed by atoms with Crippen molar-refractivity contribution in [2.75, 3.05) is 26.2 Å². The van der Waals surface area contributed by atoms with Gasteiger partial charge in [-0.15, -0.1) is 0 Å². The predicted octanol–water partition coefficient (Wildman–Crippen LogP) is 3.94. The van der Waals surface area contributed by atoms with Gasteiger partial charge in [0.15, 0.2) is 0 Å². The van der Waals surface area contributed by atoms with E-state index in [4.69, 9.17) is 11.6 Å². The van der Waals surface area contributed by atoms with Crippen LogP contribution in [0.5, 0.6) is 0 Å². The van der Waals surface area contributed by atoms with E-state index in [-0.39, 0.29) is 26.9 Å². The molecule has 0 aliphatic carbocycles. The highest BCUT2D eigenvalue weighted by molar-refractivity contribution is 7.89. The van der Waals surface area contributed by atoms with Gasteiger partial charge in [-0.1, -0.05) is 49.7 Å². The smallest absolute Gasteiger partial charge is 0.251 e. The van der Waals surface area contributed by atoms with E-state index in [2.05, 4.69) is 48.3 Å². The molecule has 3 rings (SSSR count). The molecular weight excluding hydrogens is 446 g/mol. The number of nitrogens with zero attached hydrogens (tertiary/aromatic N) is 2. The monoisotopic (exact) mass is 477 g/mol. The third-order valence-electron chi connectivity index (χ3n) is 6.18. The fraction of sp³-hybridized carbons (Fsp3) is 0.458. The average Bonchev–Trinajstić information content (AvgIpc) is 2.78. The van der Waals surface area contributed by atoms with E-state index < -0.39 is 10.0 Å². The van der Waals surface area contributed by atoms with Gasteiger partial charge in [-0.2, -0.15) is 4.31 Å². The Balaban J connectivity index is 1.72. The quantitative estimate of drug-likeness (QED) is 0.625. The Morgan fingerprint density at radius 1 is 1.12 bits per heavy atom. The lowest BCUT2D eigenvalue weighted by Gasteiger charge is -2.41. The van der Waals surface area contributed by atoms with Crippen molar-refractivity contribution in [2.45, 2.75) is 51.1 Å². The Labute approximate surface area is 196 Å². The van der Waals surface area contributed by atoms with Gasteiger partial charge in [0.2, 0.25) is 10.0 Å². The minimum Gasteiger partial charge on any atom is -0.350 e. The second-order valence-corrected chi connectivity index (χ2v) is 11.0. The highest BCUT2D eigenvalue weighted by atomic mass is 35.5. The lowest BCUT2D eigenvalue weighted by molar-refractivity contribution is 0.0826.